The van der Waals surface area contributed by atoms with E-state index in [0.717, 1.165) is 9.80 Å². The number of carbonyl (C=O) groups excluding carboxylic acids is 4. The lowest BCUT2D eigenvalue weighted by molar-refractivity contribution is -0.146. The van der Waals surface area contributed by atoms with Crippen molar-refractivity contribution >= 4 is 23.6 Å². The average molecular weight is 312 g/mol. The van der Waals surface area contributed by atoms with Crippen molar-refractivity contribution in [1.82, 2.24) is 9.80 Å². The molecule has 1 aliphatic rings. The van der Waals surface area contributed by atoms with E-state index in [2.05, 4.69) is 13.2 Å². The van der Waals surface area contributed by atoms with Crippen molar-refractivity contribution in [2.24, 2.45) is 5.92 Å². The minimum absolute atomic E-state index is 0.0723. The highest BCUT2D eigenvalue weighted by Crippen LogP contribution is 2.22. The number of amides is 4. The van der Waals surface area contributed by atoms with Gasteiger partial charge in [-0.3, -0.25) is 24.2 Å². The normalized spacial score (nSPS) is 15.7. The first-order valence-corrected chi connectivity index (χ1v) is 7.00. The Labute approximate surface area is 133 Å². The van der Waals surface area contributed by atoms with Gasteiger partial charge >= 0.3 is 6.03 Å². The van der Waals surface area contributed by atoms with Crippen molar-refractivity contribution in [3.63, 3.8) is 0 Å². The molecule has 1 heterocycles. The number of rotatable bonds is 6. The van der Waals surface area contributed by atoms with E-state index in [-0.39, 0.29) is 18.7 Å². The summed E-state index contributed by atoms with van der Waals surface area (Å²) >= 11 is 0. The van der Waals surface area contributed by atoms with Crippen LogP contribution in [0.15, 0.2) is 55.6 Å². The first-order valence-electron chi connectivity index (χ1n) is 7.00. The molecule has 0 radical (unpaired) electrons. The van der Waals surface area contributed by atoms with Crippen molar-refractivity contribution in [2.75, 3.05) is 13.1 Å². The molecule has 1 fully saturated rings. The molecule has 0 N–H and O–H groups in total. The van der Waals surface area contributed by atoms with Crippen molar-refractivity contribution in [1.29, 1.82) is 0 Å². The molecule has 2 rings (SSSR count). The lowest BCUT2D eigenvalue weighted by Gasteiger charge is -2.35. The monoisotopic (exact) mass is 312 g/mol. The molecule has 0 atom stereocenters. The molecule has 0 unspecified atom stereocenters. The molecule has 4 amide bonds. The van der Waals surface area contributed by atoms with Gasteiger partial charge in [-0.25, -0.2) is 4.79 Å². The molecule has 118 valence electrons. The summed E-state index contributed by atoms with van der Waals surface area (Å²) in [6.45, 7) is 6.83. The van der Waals surface area contributed by atoms with Crippen LogP contribution in [0.3, 0.4) is 0 Å². The molecule has 23 heavy (non-hydrogen) atoms. The van der Waals surface area contributed by atoms with Crippen molar-refractivity contribution in [2.45, 2.75) is 0 Å². The molecule has 1 aliphatic heterocycles. The standard InChI is InChI=1S/C17H16N2O4/c1-3-10-18-15(21)13(14(20)12-8-6-5-7-9-12)16(22)19(11-4-2)17(18)23/h3-9,13H,1-2,10-11H2. The van der Waals surface area contributed by atoms with E-state index < -0.39 is 29.5 Å². The van der Waals surface area contributed by atoms with E-state index in [1.54, 1.807) is 18.2 Å². The van der Waals surface area contributed by atoms with E-state index in [0.29, 0.717) is 0 Å². The molecular weight excluding hydrogens is 296 g/mol. The molecule has 1 aromatic carbocycles. The molecule has 6 nitrogen and oxygen atoms in total. The van der Waals surface area contributed by atoms with E-state index in [4.69, 9.17) is 0 Å². The summed E-state index contributed by atoms with van der Waals surface area (Å²) in [5, 5.41) is 0. The van der Waals surface area contributed by atoms with Gasteiger partial charge in [0.25, 0.3) is 11.8 Å². The third-order valence-electron chi connectivity index (χ3n) is 3.43. The van der Waals surface area contributed by atoms with Crippen LogP contribution in [0, 0.1) is 5.92 Å². The first-order chi connectivity index (χ1) is 11.0. The Morgan fingerprint density at radius 3 is 1.87 bits per heavy atom. The van der Waals surface area contributed by atoms with Crippen LogP contribution in [0.5, 0.6) is 0 Å². The van der Waals surface area contributed by atoms with Gasteiger partial charge in [-0.05, 0) is 0 Å². The number of barbiturate groups is 1. The first kappa shape index (κ1) is 16.4. The third-order valence-corrected chi connectivity index (χ3v) is 3.43. The van der Waals surface area contributed by atoms with Gasteiger partial charge < -0.3 is 0 Å². The molecule has 0 saturated carbocycles. The second-order valence-electron chi connectivity index (χ2n) is 4.92. The number of imide groups is 2. The zero-order valence-electron chi connectivity index (χ0n) is 12.5. The minimum atomic E-state index is -1.56. The van der Waals surface area contributed by atoms with Crippen LogP contribution in [-0.4, -0.2) is 46.5 Å². The van der Waals surface area contributed by atoms with Crippen LogP contribution in [0.25, 0.3) is 0 Å². The zero-order chi connectivity index (χ0) is 17.0. The number of hydrogen-bond donors (Lipinski definition) is 0. The fourth-order valence-corrected chi connectivity index (χ4v) is 2.34. The van der Waals surface area contributed by atoms with Crippen molar-refractivity contribution in [3.05, 3.63) is 61.2 Å². The minimum Gasteiger partial charge on any atom is -0.293 e. The van der Waals surface area contributed by atoms with Gasteiger partial charge in [0.15, 0.2) is 11.7 Å². The number of benzene rings is 1. The summed E-state index contributed by atoms with van der Waals surface area (Å²) in [4.78, 5) is 51.4. The Hall–Kier alpha value is -3.02. The molecule has 6 heteroatoms. The van der Waals surface area contributed by atoms with Gasteiger partial charge in [0.2, 0.25) is 0 Å². The highest BCUT2D eigenvalue weighted by Gasteiger charge is 2.48. The Kier molecular flexibility index (Phi) is 4.85. The molecule has 1 aromatic rings. The van der Waals surface area contributed by atoms with Crippen molar-refractivity contribution in [3.8, 4) is 0 Å². The Morgan fingerprint density at radius 2 is 1.43 bits per heavy atom. The van der Waals surface area contributed by atoms with E-state index in [1.807, 2.05) is 0 Å². The van der Waals surface area contributed by atoms with Gasteiger partial charge in [0.05, 0.1) is 0 Å². The predicted molar refractivity (Wildman–Crippen MR) is 83.5 cm³/mol. The number of urea groups is 1. The quantitative estimate of drug-likeness (QED) is 0.455. The van der Waals surface area contributed by atoms with E-state index >= 15 is 0 Å². The number of Topliss-reactive ketones (excluding diaryl/α,β-unsaturated/α-hetero) is 1. The number of ketones is 1. The number of hydrogen-bond acceptors (Lipinski definition) is 4. The Morgan fingerprint density at radius 1 is 0.957 bits per heavy atom. The lowest BCUT2D eigenvalue weighted by Crippen LogP contribution is -2.61. The summed E-state index contributed by atoms with van der Waals surface area (Å²) < 4.78 is 0. The maximum absolute atomic E-state index is 12.6. The second-order valence-corrected chi connectivity index (χ2v) is 4.92. The maximum atomic E-state index is 12.6. The van der Waals surface area contributed by atoms with E-state index in [9.17, 15) is 19.2 Å². The maximum Gasteiger partial charge on any atom is 0.334 e. The third kappa shape index (κ3) is 2.96. The van der Waals surface area contributed by atoms with Gasteiger partial charge in [-0.15, -0.1) is 13.2 Å². The van der Waals surface area contributed by atoms with Gasteiger partial charge in [-0.1, -0.05) is 42.5 Å². The molecule has 0 aromatic heterocycles. The summed E-state index contributed by atoms with van der Waals surface area (Å²) in [5.41, 5.74) is 0.241. The topological polar surface area (TPSA) is 74.8 Å². The lowest BCUT2D eigenvalue weighted by atomic mass is 9.93. The Bertz CT molecular complexity index is 649. The zero-order valence-corrected chi connectivity index (χ0v) is 12.5. The summed E-state index contributed by atoms with van der Waals surface area (Å²) in [7, 11) is 0. The Balaban J connectivity index is 2.43. The average Bonchev–Trinajstić information content (AvgIpc) is 2.56. The summed E-state index contributed by atoms with van der Waals surface area (Å²) in [5.74, 6) is -3.84. The number of carbonyl (C=O) groups is 4. The van der Waals surface area contributed by atoms with Crippen LogP contribution in [0.4, 0.5) is 4.79 Å². The van der Waals surface area contributed by atoms with Crippen LogP contribution in [0.2, 0.25) is 0 Å². The van der Waals surface area contributed by atoms with Crippen LogP contribution >= 0.6 is 0 Å². The molecule has 0 spiro atoms. The van der Waals surface area contributed by atoms with Crippen LogP contribution in [-0.2, 0) is 9.59 Å². The smallest absolute Gasteiger partial charge is 0.293 e. The van der Waals surface area contributed by atoms with Gasteiger partial charge in [0.1, 0.15) is 0 Å². The largest absolute Gasteiger partial charge is 0.334 e. The molecule has 0 bridgehead atoms. The fourth-order valence-electron chi connectivity index (χ4n) is 2.34. The van der Waals surface area contributed by atoms with E-state index in [1.165, 1.54) is 24.3 Å². The van der Waals surface area contributed by atoms with Crippen molar-refractivity contribution < 1.29 is 19.2 Å². The molecule has 0 aliphatic carbocycles. The van der Waals surface area contributed by atoms with Gasteiger partial charge in [-0.2, -0.15) is 0 Å². The predicted octanol–water partition coefficient (Wildman–Crippen LogP) is 1.65. The fraction of sp³-hybridized carbons (Fsp3) is 0.176. The highest BCUT2D eigenvalue weighted by atomic mass is 16.2. The number of nitrogens with zero attached hydrogens (tertiary/aromatic N) is 2. The van der Waals surface area contributed by atoms with Gasteiger partial charge in [0, 0.05) is 18.7 Å². The molecule has 1 saturated heterocycles. The van der Waals surface area contributed by atoms with Crippen LogP contribution < -0.4 is 0 Å². The SMILES string of the molecule is C=CCN1C(=O)C(C(=O)c2ccccc2)C(=O)N(CC=C)C1=O. The second kappa shape index (κ2) is 6.83. The highest BCUT2D eigenvalue weighted by molar-refractivity contribution is 6.29. The molecular formula is C17H16N2O4. The summed E-state index contributed by atoms with van der Waals surface area (Å²) in [6.07, 6.45) is 2.73. The van der Waals surface area contributed by atoms with Crippen LogP contribution in [0.1, 0.15) is 10.4 Å². The summed E-state index contributed by atoms with van der Waals surface area (Å²) in [6, 6.07) is 7.28.